The number of anilines is 1. The van der Waals surface area contributed by atoms with Crippen molar-refractivity contribution >= 4 is 17.7 Å². The molecule has 4 nitrogen and oxygen atoms in total. The lowest BCUT2D eigenvalue weighted by atomic mass is 10.4. The van der Waals surface area contributed by atoms with Crippen LogP contribution >= 0.6 is 11.8 Å². The van der Waals surface area contributed by atoms with Crippen LogP contribution in [0.3, 0.4) is 0 Å². The molecule has 2 N–H and O–H groups in total. The predicted octanol–water partition coefficient (Wildman–Crippen LogP) is 2.49. The average Bonchev–Trinajstić information content (AvgIpc) is 2.37. The fourth-order valence-corrected chi connectivity index (χ4v) is 2.32. The van der Waals surface area contributed by atoms with Crippen LogP contribution in [-0.4, -0.2) is 16.5 Å². The van der Waals surface area contributed by atoms with E-state index in [1.807, 2.05) is 37.3 Å². The van der Waals surface area contributed by atoms with Crippen LogP contribution in [0.2, 0.25) is 0 Å². The predicted molar refractivity (Wildman–Crippen MR) is 75.0 cm³/mol. The van der Waals surface area contributed by atoms with Crippen LogP contribution in [0, 0.1) is 0 Å². The summed E-state index contributed by atoms with van der Waals surface area (Å²) >= 11 is 1.67. The molecular formula is C13H15N3OS. The summed E-state index contributed by atoms with van der Waals surface area (Å²) in [6.07, 6.45) is 0. The number of rotatable bonds is 5. The molecule has 0 aliphatic heterocycles. The van der Waals surface area contributed by atoms with Crippen LogP contribution in [0.4, 0.5) is 5.95 Å². The second kappa shape index (κ2) is 6.26. The topological polar surface area (TPSA) is 57.8 Å². The Morgan fingerprint density at radius 3 is 2.83 bits per heavy atom. The minimum absolute atomic E-state index is 0.121. The van der Waals surface area contributed by atoms with E-state index in [9.17, 15) is 4.79 Å². The van der Waals surface area contributed by atoms with E-state index in [4.69, 9.17) is 0 Å². The second-order valence-corrected chi connectivity index (χ2v) is 4.77. The summed E-state index contributed by atoms with van der Waals surface area (Å²) in [6.45, 7) is 2.70. The zero-order chi connectivity index (χ0) is 12.8. The van der Waals surface area contributed by atoms with E-state index in [1.165, 1.54) is 11.0 Å². The summed E-state index contributed by atoms with van der Waals surface area (Å²) < 4.78 is 0. The van der Waals surface area contributed by atoms with Gasteiger partial charge in [-0.25, -0.2) is 4.98 Å². The first-order valence-electron chi connectivity index (χ1n) is 5.80. The molecule has 1 aromatic carbocycles. The lowest BCUT2D eigenvalue weighted by Crippen LogP contribution is -2.13. The summed E-state index contributed by atoms with van der Waals surface area (Å²) in [4.78, 5) is 19.6. The first-order valence-corrected chi connectivity index (χ1v) is 6.78. The fourth-order valence-electron chi connectivity index (χ4n) is 1.51. The van der Waals surface area contributed by atoms with Crippen LogP contribution < -0.4 is 10.9 Å². The monoisotopic (exact) mass is 261 g/mol. The highest BCUT2D eigenvalue weighted by Gasteiger charge is 2.01. The van der Waals surface area contributed by atoms with Crippen LogP contribution in [0.5, 0.6) is 0 Å². The van der Waals surface area contributed by atoms with Gasteiger partial charge in [0.05, 0.1) is 5.69 Å². The van der Waals surface area contributed by atoms with Gasteiger partial charge in [-0.2, -0.15) is 0 Å². The molecule has 0 fully saturated rings. The Balaban J connectivity index is 2.07. The van der Waals surface area contributed by atoms with Gasteiger partial charge in [0, 0.05) is 23.3 Å². The number of hydrogen-bond acceptors (Lipinski definition) is 4. The fraction of sp³-hybridized carbons (Fsp3) is 0.231. The second-order valence-electron chi connectivity index (χ2n) is 3.72. The van der Waals surface area contributed by atoms with Crippen molar-refractivity contribution in [3.8, 4) is 0 Å². The van der Waals surface area contributed by atoms with Crippen LogP contribution in [0.25, 0.3) is 0 Å². The van der Waals surface area contributed by atoms with Crippen molar-refractivity contribution in [1.82, 2.24) is 9.97 Å². The Morgan fingerprint density at radius 1 is 1.33 bits per heavy atom. The van der Waals surface area contributed by atoms with Gasteiger partial charge in [0.25, 0.3) is 5.56 Å². The number of hydrogen-bond donors (Lipinski definition) is 2. The molecule has 18 heavy (non-hydrogen) atoms. The third-order valence-electron chi connectivity index (χ3n) is 2.27. The van der Waals surface area contributed by atoms with Crippen LogP contribution in [0.1, 0.15) is 12.6 Å². The normalized spacial score (nSPS) is 10.3. The summed E-state index contributed by atoms with van der Waals surface area (Å²) in [7, 11) is 0. The van der Waals surface area contributed by atoms with Crippen molar-refractivity contribution < 1.29 is 0 Å². The molecule has 0 amide bonds. The van der Waals surface area contributed by atoms with Crippen LogP contribution in [0.15, 0.2) is 46.1 Å². The Kier molecular flexibility index (Phi) is 4.41. The average molecular weight is 261 g/mol. The first-order chi connectivity index (χ1) is 8.78. The Bertz CT molecular complexity index is 554. The van der Waals surface area contributed by atoms with Gasteiger partial charge in [-0.05, 0) is 19.1 Å². The molecule has 5 heteroatoms. The van der Waals surface area contributed by atoms with Gasteiger partial charge in [0.15, 0.2) is 0 Å². The van der Waals surface area contributed by atoms with Crippen molar-refractivity contribution in [3.63, 3.8) is 0 Å². The third kappa shape index (κ3) is 3.63. The summed E-state index contributed by atoms with van der Waals surface area (Å²) in [6, 6.07) is 11.6. The van der Waals surface area contributed by atoms with Gasteiger partial charge in [-0.1, -0.05) is 18.2 Å². The SMILES string of the molecule is CCNc1nc(CSc2ccccc2)cc(=O)[nH]1. The maximum absolute atomic E-state index is 11.5. The zero-order valence-corrected chi connectivity index (χ0v) is 11.0. The molecule has 0 bridgehead atoms. The maximum atomic E-state index is 11.5. The van der Waals surface area contributed by atoms with Crippen molar-refractivity contribution in [1.29, 1.82) is 0 Å². The number of thioether (sulfide) groups is 1. The molecule has 0 atom stereocenters. The number of aromatic nitrogens is 2. The van der Waals surface area contributed by atoms with E-state index in [0.29, 0.717) is 11.7 Å². The lowest BCUT2D eigenvalue weighted by Gasteiger charge is -2.05. The third-order valence-corrected chi connectivity index (χ3v) is 3.31. The lowest BCUT2D eigenvalue weighted by molar-refractivity contribution is 1.02. The summed E-state index contributed by atoms with van der Waals surface area (Å²) in [5.41, 5.74) is 0.660. The molecule has 1 aromatic heterocycles. The van der Waals surface area contributed by atoms with Crippen molar-refractivity contribution in [2.24, 2.45) is 0 Å². The molecule has 2 aromatic rings. The maximum Gasteiger partial charge on any atom is 0.252 e. The summed E-state index contributed by atoms with van der Waals surface area (Å²) in [5, 5.41) is 3.01. The van der Waals surface area contributed by atoms with Gasteiger partial charge in [-0.3, -0.25) is 9.78 Å². The van der Waals surface area contributed by atoms with Crippen molar-refractivity contribution in [2.75, 3.05) is 11.9 Å². The highest BCUT2D eigenvalue weighted by atomic mass is 32.2. The Labute approximate surface area is 110 Å². The smallest absolute Gasteiger partial charge is 0.252 e. The number of aromatic amines is 1. The molecule has 0 spiro atoms. The van der Waals surface area contributed by atoms with E-state index >= 15 is 0 Å². The number of benzene rings is 1. The molecule has 0 saturated heterocycles. The van der Waals surface area contributed by atoms with Crippen molar-refractivity contribution in [3.05, 3.63) is 52.4 Å². The standard InChI is InChI=1S/C13H15N3OS/c1-2-14-13-15-10(8-12(17)16-13)9-18-11-6-4-3-5-7-11/h3-8H,2,9H2,1H3,(H2,14,15,16,17). The van der Waals surface area contributed by atoms with E-state index in [0.717, 1.165) is 12.2 Å². The Hall–Kier alpha value is -1.75. The summed E-state index contributed by atoms with van der Waals surface area (Å²) in [5.74, 6) is 1.22. The molecule has 94 valence electrons. The Morgan fingerprint density at radius 2 is 2.11 bits per heavy atom. The van der Waals surface area contributed by atoms with Gasteiger partial charge in [0.2, 0.25) is 5.95 Å². The van der Waals surface area contributed by atoms with E-state index in [2.05, 4.69) is 15.3 Å². The largest absolute Gasteiger partial charge is 0.356 e. The molecular weight excluding hydrogens is 246 g/mol. The molecule has 1 heterocycles. The minimum Gasteiger partial charge on any atom is -0.356 e. The number of nitrogens with zero attached hydrogens (tertiary/aromatic N) is 1. The molecule has 0 saturated carbocycles. The first kappa shape index (κ1) is 12.7. The van der Waals surface area contributed by atoms with Crippen LogP contribution in [-0.2, 0) is 5.75 Å². The van der Waals surface area contributed by atoms with Gasteiger partial charge < -0.3 is 5.32 Å². The molecule has 0 unspecified atom stereocenters. The number of nitrogens with one attached hydrogen (secondary N) is 2. The number of H-pyrrole nitrogens is 1. The highest BCUT2D eigenvalue weighted by Crippen LogP contribution is 2.20. The molecule has 0 radical (unpaired) electrons. The highest BCUT2D eigenvalue weighted by molar-refractivity contribution is 7.98. The van der Waals surface area contributed by atoms with Gasteiger partial charge in [0.1, 0.15) is 0 Å². The van der Waals surface area contributed by atoms with E-state index in [-0.39, 0.29) is 5.56 Å². The van der Waals surface area contributed by atoms with Gasteiger partial charge >= 0.3 is 0 Å². The molecule has 0 aliphatic rings. The minimum atomic E-state index is -0.121. The molecule has 0 aliphatic carbocycles. The van der Waals surface area contributed by atoms with E-state index in [1.54, 1.807) is 11.8 Å². The molecule has 2 rings (SSSR count). The zero-order valence-electron chi connectivity index (χ0n) is 10.1. The quantitative estimate of drug-likeness (QED) is 0.812. The van der Waals surface area contributed by atoms with E-state index < -0.39 is 0 Å². The van der Waals surface area contributed by atoms with Gasteiger partial charge in [-0.15, -0.1) is 11.8 Å². The van der Waals surface area contributed by atoms with Crippen molar-refractivity contribution in [2.45, 2.75) is 17.6 Å².